The van der Waals surface area contributed by atoms with Gasteiger partial charge in [-0.25, -0.2) is 14.3 Å². The zero-order valence-corrected chi connectivity index (χ0v) is 14.1. The fourth-order valence-electron chi connectivity index (χ4n) is 3.16. The first kappa shape index (κ1) is 17.8. The molecule has 10 heteroatoms. The number of ether oxygens (including phenoxy) is 1. The highest BCUT2D eigenvalue weighted by Crippen LogP contribution is 2.32. The molecule has 0 unspecified atom stereocenters. The zero-order valence-electron chi connectivity index (χ0n) is 14.1. The highest BCUT2D eigenvalue weighted by molar-refractivity contribution is 5.71. The van der Waals surface area contributed by atoms with Crippen molar-refractivity contribution >= 4 is 17.1 Å². The number of aliphatic hydroxyl groups is 3. The largest absolute Gasteiger partial charge is 0.392 e. The minimum Gasteiger partial charge on any atom is -0.392 e. The maximum absolute atomic E-state index is 12.9. The average molecular weight is 353 g/mol. The lowest BCUT2D eigenvalue weighted by Gasteiger charge is -2.18. The molecule has 0 radical (unpaired) electrons. The maximum Gasteiger partial charge on any atom is 0.332 e. The van der Waals surface area contributed by atoms with Crippen LogP contribution in [0.25, 0.3) is 11.2 Å². The lowest BCUT2D eigenvalue weighted by atomic mass is 10.1. The molecule has 25 heavy (non-hydrogen) atoms. The van der Waals surface area contributed by atoms with E-state index in [2.05, 4.69) is 9.97 Å². The number of hydrogen-bond acceptors (Lipinski definition) is 8. The van der Waals surface area contributed by atoms with E-state index in [4.69, 9.17) is 10.5 Å². The summed E-state index contributed by atoms with van der Waals surface area (Å²) >= 11 is 0. The fourth-order valence-corrected chi connectivity index (χ4v) is 3.16. The first-order chi connectivity index (χ1) is 11.8. The third kappa shape index (κ3) is 3.13. The number of nitrogens with two attached hydrogens (primary N) is 1. The number of aromatic nitrogens is 4. The first-order valence-electron chi connectivity index (χ1n) is 8.26. The quantitative estimate of drug-likeness (QED) is 0.533. The van der Waals surface area contributed by atoms with Crippen molar-refractivity contribution in [3.05, 3.63) is 16.7 Å². The predicted molar refractivity (Wildman–Crippen MR) is 88.7 cm³/mol. The minimum absolute atomic E-state index is 0.0203. The van der Waals surface area contributed by atoms with Crippen molar-refractivity contribution < 1.29 is 20.1 Å². The number of nitrogens with zero attached hydrogens (tertiary/aromatic N) is 4. The first-order valence-corrected chi connectivity index (χ1v) is 8.26. The molecule has 0 aromatic carbocycles. The molecule has 0 spiro atoms. The SMILES string of the molecule is CC[C@H](O)[C@@H]1C[C@@H](O)[C@H](n2c(=O)n(C[C@H](C)O)c3cnc(N)nc32)O1. The summed E-state index contributed by atoms with van der Waals surface area (Å²) in [6, 6.07) is 0. The van der Waals surface area contributed by atoms with Crippen LogP contribution in [0.2, 0.25) is 0 Å². The number of rotatable bonds is 5. The van der Waals surface area contributed by atoms with Crippen molar-refractivity contribution in [2.24, 2.45) is 0 Å². The molecular weight excluding hydrogens is 330 g/mol. The van der Waals surface area contributed by atoms with Crippen LogP contribution in [-0.2, 0) is 11.3 Å². The standard InChI is InChI=1S/C15H23N5O5/c1-3-9(22)11-4-10(23)13(25-11)20-12-8(5-17-14(16)18-12)19(15(20)24)6-7(2)21/h5,7,9-11,13,21-23H,3-4,6H2,1-2H3,(H2,16,17,18)/t7-,9-,10+,11-,13+/m0/s1. The van der Waals surface area contributed by atoms with Crippen LogP contribution >= 0.6 is 0 Å². The van der Waals surface area contributed by atoms with Crippen LogP contribution in [0.4, 0.5) is 5.95 Å². The molecule has 3 heterocycles. The van der Waals surface area contributed by atoms with Crippen molar-refractivity contribution in [2.75, 3.05) is 5.73 Å². The van der Waals surface area contributed by atoms with Crippen LogP contribution in [0.15, 0.2) is 11.0 Å². The number of fused-ring (bicyclic) bond motifs is 1. The summed E-state index contributed by atoms with van der Waals surface area (Å²) < 4.78 is 8.28. The summed E-state index contributed by atoms with van der Waals surface area (Å²) in [6.45, 7) is 3.41. The number of anilines is 1. The number of hydrogen-bond donors (Lipinski definition) is 4. The van der Waals surface area contributed by atoms with E-state index >= 15 is 0 Å². The molecule has 2 aromatic heterocycles. The third-order valence-corrected chi connectivity index (χ3v) is 4.39. The fraction of sp³-hybridized carbons (Fsp3) is 0.667. The van der Waals surface area contributed by atoms with E-state index in [-0.39, 0.29) is 24.6 Å². The van der Waals surface area contributed by atoms with Gasteiger partial charge in [0, 0.05) is 6.42 Å². The van der Waals surface area contributed by atoms with Gasteiger partial charge in [0.15, 0.2) is 11.9 Å². The van der Waals surface area contributed by atoms with Gasteiger partial charge >= 0.3 is 5.69 Å². The lowest BCUT2D eigenvalue weighted by molar-refractivity contribution is -0.0760. The minimum atomic E-state index is -0.995. The Morgan fingerprint density at radius 1 is 1.48 bits per heavy atom. The van der Waals surface area contributed by atoms with Crippen molar-refractivity contribution in [1.29, 1.82) is 0 Å². The summed E-state index contributed by atoms with van der Waals surface area (Å²) in [4.78, 5) is 20.9. The average Bonchev–Trinajstić information content (AvgIpc) is 3.05. The molecule has 2 aromatic rings. The van der Waals surface area contributed by atoms with Gasteiger partial charge < -0.3 is 25.8 Å². The lowest BCUT2D eigenvalue weighted by Crippen LogP contribution is -2.33. The maximum atomic E-state index is 12.9. The topological polar surface area (TPSA) is 149 Å². The van der Waals surface area contributed by atoms with Gasteiger partial charge in [-0.05, 0) is 13.3 Å². The molecule has 1 aliphatic heterocycles. The van der Waals surface area contributed by atoms with E-state index in [1.54, 1.807) is 6.92 Å². The Hall–Kier alpha value is -2.01. The third-order valence-electron chi connectivity index (χ3n) is 4.39. The van der Waals surface area contributed by atoms with Crippen molar-refractivity contribution in [2.45, 2.75) is 63.9 Å². The smallest absolute Gasteiger partial charge is 0.332 e. The molecule has 10 nitrogen and oxygen atoms in total. The Kier molecular flexibility index (Phi) is 4.78. The molecule has 1 saturated heterocycles. The Morgan fingerprint density at radius 3 is 2.84 bits per heavy atom. The Bertz CT molecular complexity index is 816. The number of nitrogen functional groups attached to an aromatic ring is 1. The van der Waals surface area contributed by atoms with Gasteiger partial charge in [0.25, 0.3) is 0 Å². The van der Waals surface area contributed by atoms with Crippen LogP contribution in [0, 0.1) is 0 Å². The monoisotopic (exact) mass is 353 g/mol. The summed E-state index contributed by atoms with van der Waals surface area (Å²) in [7, 11) is 0. The normalized spacial score (nSPS) is 26.2. The van der Waals surface area contributed by atoms with E-state index in [9.17, 15) is 20.1 Å². The van der Waals surface area contributed by atoms with E-state index in [1.807, 2.05) is 6.92 Å². The molecule has 5 atom stereocenters. The van der Waals surface area contributed by atoms with Crippen molar-refractivity contribution in [3.63, 3.8) is 0 Å². The van der Waals surface area contributed by atoms with E-state index in [0.717, 1.165) is 0 Å². The van der Waals surface area contributed by atoms with Gasteiger partial charge in [-0.3, -0.25) is 4.57 Å². The molecule has 0 saturated carbocycles. The van der Waals surface area contributed by atoms with Gasteiger partial charge in [-0.1, -0.05) is 6.92 Å². The molecule has 0 bridgehead atoms. The second-order valence-corrected chi connectivity index (χ2v) is 6.39. The Balaban J connectivity index is 2.11. The van der Waals surface area contributed by atoms with Gasteiger partial charge in [0.2, 0.25) is 5.95 Å². The predicted octanol–water partition coefficient (Wildman–Crippen LogP) is -1.02. The Morgan fingerprint density at radius 2 is 2.20 bits per heavy atom. The molecule has 5 N–H and O–H groups in total. The molecule has 0 aliphatic carbocycles. The summed E-state index contributed by atoms with van der Waals surface area (Å²) in [5.41, 5.74) is 5.75. The van der Waals surface area contributed by atoms with Crippen LogP contribution in [0.1, 0.15) is 32.9 Å². The van der Waals surface area contributed by atoms with Gasteiger partial charge in [-0.2, -0.15) is 4.98 Å². The Labute approximate surface area is 143 Å². The highest BCUT2D eigenvalue weighted by Gasteiger charge is 2.40. The second-order valence-electron chi connectivity index (χ2n) is 6.39. The molecule has 138 valence electrons. The summed E-state index contributed by atoms with van der Waals surface area (Å²) in [5.74, 6) is -0.0203. The van der Waals surface area contributed by atoms with Crippen molar-refractivity contribution in [3.8, 4) is 0 Å². The zero-order chi connectivity index (χ0) is 18.3. The van der Waals surface area contributed by atoms with E-state index < -0.39 is 36.3 Å². The summed E-state index contributed by atoms with van der Waals surface area (Å²) in [5, 5.41) is 30.0. The number of aliphatic hydroxyl groups excluding tert-OH is 3. The second kappa shape index (κ2) is 6.71. The molecule has 1 aliphatic rings. The number of imidazole rings is 1. The highest BCUT2D eigenvalue weighted by atomic mass is 16.5. The summed E-state index contributed by atoms with van der Waals surface area (Å²) in [6.07, 6.45) is -1.98. The van der Waals surface area contributed by atoms with E-state index in [0.29, 0.717) is 11.9 Å². The van der Waals surface area contributed by atoms with Crippen LogP contribution in [0.5, 0.6) is 0 Å². The van der Waals surface area contributed by atoms with E-state index in [1.165, 1.54) is 15.3 Å². The van der Waals surface area contributed by atoms with Crippen molar-refractivity contribution in [1.82, 2.24) is 19.1 Å². The van der Waals surface area contributed by atoms with Crippen LogP contribution < -0.4 is 11.4 Å². The van der Waals surface area contributed by atoms with Crippen LogP contribution in [-0.4, -0.2) is 58.8 Å². The molecule has 0 amide bonds. The van der Waals surface area contributed by atoms with Gasteiger partial charge in [0.05, 0.1) is 31.1 Å². The molecule has 3 rings (SSSR count). The van der Waals surface area contributed by atoms with Gasteiger partial charge in [-0.15, -0.1) is 0 Å². The van der Waals surface area contributed by atoms with Gasteiger partial charge in [0.1, 0.15) is 11.6 Å². The van der Waals surface area contributed by atoms with Crippen LogP contribution in [0.3, 0.4) is 0 Å². The molecular formula is C15H23N5O5. The molecule has 1 fully saturated rings.